The number of ether oxygens (including phenoxy) is 1. The third-order valence-corrected chi connectivity index (χ3v) is 3.99. The van der Waals surface area contributed by atoms with Crippen molar-refractivity contribution in [1.29, 1.82) is 0 Å². The Balaban J connectivity index is 1.53. The highest BCUT2D eigenvalue weighted by Crippen LogP contribution is 2.30. The molecule has 0 radical (unpaired) electrons. The largest absolute Gasteiger partial charge is 0.483 e. The average Bonchev–Trinajstić information content (AvgIpc) is 3.14. The Labute approximate surface area is 158 Å². The molecule has 0 saturated heterocycles. The number of nitrogens with one attached hydrogen (secondary N) is 1. The van der Waals surface area contributed by atoms with Crippen LogP contribution in [0.2, 0.25) is 0 Å². The fraction of sp³-hybridized carbons (Fsp3) is 0.286. The molecule has 6 nitrogen and oxygen atoms in total. The van der Waals surface area contributed by atoms with Gasteiger partial charge in [0.05, 0.1) is 6.54 Å². The number of para-hydroxylation sites is 1. The minimum Gasteiger partial charge on any atom is -0.483 e. The highest BCUT2D eigenvalue weighted by Gasteiger charge is 2.19. The van der Waals surface area contributed by atoms with Crippen molar-refractivity contribution in [2.24, 2.45) is 0 Å². The molecule has 0 aliphatic heterocycles. The van der Waals surface area contributed by atoms with Gasteiger partial charge in [-0.15, -0.1) is 0 Å². The van der Waals surface area contributed by atoms with Crippen LogP contribution in [-0.4, -0.2) is 22.7 Å². The van der Waals surface area contributed by atoms with Gasteiger partial charge in [-0.25, -0.2) is 0 Å². The first-order chi connectivity index (χ1) is 12.9. The van der Waals surface area contributed by atoms with Crippen LogP contribution in [0.5, 0.6) is 5.75 Å². The monoisotopic (exact) mass is 365 g/mol. The van der Waals surface area contributed by atoms with E-state index in [4.69, 9.17) is 9.26 Å². The molecule has 2 aromatic carbocycles. The lowest BCUT2D eigenvalue weighted by atomic mass is 9.86. The van der Waals surface area contributed by atoms with Crippen molar-refractivity contribution in [2.75, 3.05) is 6.61 Å². The summed E-state index contributed by atoms with van der Waals surface area (Å²) < 4.78 is 10.9. The van der Waals surface area contributed by atoms with Gasteiger partial charge in [0, 0.05) is 5.56 Å². The third kappa shape index (κ3) is 4.94. The summed E-state index contributed by atoms with van der Waals surface area (Å²) in [4.78, 5) is 16.4. The van der Waals surface area contributed by atoms with Gasteiger partial charge in [0.2, 0.25) is 11.7 Å². The van der Waals surface area contributed by atoms with Crippen molar-refractivity contribution in [1.82, 2.24) is 15.5 Å². The predicted molar refractivity (Wildman–Crippen MR) is 102 cm³/mol. The van der Waals surface area contributed by atoms with Crippen LogP contribution in [0.1, 0.15) is 32.2 Å². The zero-order chi connectivity index (χ0) is 19.3. The van der Waals surface area contributed by atoms with Crippen LogP contribution < -0.4 is 10.1 Å². The number of carbonyl (C=O) groups excluding carboxylic acids is 1. The van der Waals surface area contributed by atoms with E-state index in [1.807, 2.05) is 54.6 Å². The summed E-state index contributed by atoms with van der Waals surface area (Å²) in [5.74, 6) is 1.30. The Bertz CT molecular complexity index is 898. The summed E-state index contributed by atoms with van der Waals surface area (Å²) in [6.07, 6.45) is 0. The summed E-state index contributed by atoms with van der Waals surface area (Å²) in [5, 5.41) is 6.66. The number of nitrogens with zero attached hydrogens (tertiary/aromatic N) is 2. The van der Waals surface area contributed by atoms with Gasteiger partial charge in [-0.2, -0.15) is 4.98 Å². The van der Waals surface area contributed by atoms with E-state index in [9.17, 15) is 4.79 Å². The summed E-state index contributed by atoms with van der Waals surface area (Å²) in [5.41, 5.74) is 1.85. The molecule has 140 valence electrons. The second kappa shape index (κ2) is 8.03. The molecule has 1 aromatic heterocycles. The van der Waals surface area contributed by atoms with Crippen LogP contribution in [0.25, 0.3) is 11.4 Å². The minimum atomic E-state index is -0.252. The topological polar surface area (TPSA) is 77.2 Å². The van der Waals surface area contributed by atoms with E-state index in [1.54, 1.807) is 0 Å². The number of amides is 1. The fourth-order valence-corrected chi connectivity index (χ4v) is 2.61. The van der Waals surface area contributed by atoms with E-state index < -0.39 is 0 Å². The van der Waals surface area contributed by atoms with Gasteiger partial charge < -0.3 is 14.6 Å². The average molecular weight is 365 g/mol. The van der Waals surface area contributed by atoms with Crippen molar-refractivity contribution in [3.8, 4) is 17.1 Å². The van der Waals surface area contributed by atoms with Gasteiger partial charge in [0.15, 0.2) is 6.61 Å². The number of hydrogen-bond acceptors (Lipinski definition) is 5. The van der Waals surface area contributed by atoms with E-state index >= 15 is 0 Å². The number of carbonyl (C=O) groups is 1. The lowest BCUT2D eigenvalue weighted by Gasteiger charge is -2.22. The van der Waals surface area contributed by atoms with Crippen molar-refractivity contribution in [2.45, 2.75) is 32.7 Å². The van der Waals surface area contributed by atoms with Crippen LogP contribution >= 0.6 is 0 Å². The minimum absolute atomic E-state index is 0.0648. The smallest absolute Gasteiger partial charge is 0.258 e. The Morgan fingerprint density at radius 1 is 1.07 bits per heavy atom. The molecule has 0 saturated carbocycles. The van der Waals surface area contributed by atoms with Gasteiger partial charge in [0.25, 0.3) is 5.91 Å². The fourth-order valence-electron chi connectivity index (χ4n) is 2.61. The predicted octanol–water partition coefficient (Wildman–Crippen LogP) is 3.73. The Morgan fingerprint density at radius 2 is 1.78 bits per heavy atom. The van der Waals surface area contributed by atoms with Gasteiger partial charge in [-0.1, -0.05) is 74.5 Å². The maximum Gasteiger partial charge on any atom is 0.258 e. The SMILES string of the molecule is CC(C)(C)c1ccccc1OCC(=O)NCc1nc(-c2ccccc2)no1. The molecule has 1 heterocycles. The number of rotatable bonds is 6. The van der Waals surface area contributed by atoms with Gasteiger partial charge in [-0.05, 0) is 17.0 Å². The lowest BCUT2D eigenvalue weighted by molar-refractivity contribution is -0.123. The van der Waals surface area contributed by atoms with E-state index in [2.05, 4.69) is 36.2 Å². The molecule has 0 aliphatic carbocycles. The maximum absolute atomic E-state index is 12.1. The first-order valence-corrected chi connectivity index (χ1v) is 8.80. The van der Waals surface area contributed by atoms with E-state index in [0.29, 0.717) is 17.5 Å². The summed E-state index contributed by atoms with van der Waals surface area (Å²) >= 11 is 0. The van der Waals surface area contributed by atoms with Gasteiger partial charge in [0.1, 0.15) is 5.75 Å². The van der Waals surface area contributed by atoms with Crippen LogP contribution in [0, 0.1) is 0 Å². The molecule has 0 aliphatic rings. The standard InChI is InChI=1S/C21H23N3O3/c1-21(2,3)16-11-7-8-12-17(16)26-14-18(25)22-13-19-23-20(24-27-19)15-9-5-4-6-10-15/h4-12H,13-14H2,1-3H3,(H,22,25). The molecule has 0 bridgehead atoms. The number of benzene rings is 2. The molecule has 27 heavy (non-hydrogen) atoms. The van der Waals surface area contributed by atoms with E-state index in [0.717, 1.165) is 11.1 Å². The molecule has 0 fully saturated rings. The molecule has 3 aromatic rings. The zero-order valence-electron chi connectivity index (χ0n) is 15.7. The van der Waals surface area contributed by atoms with Gasteiger partial charge in [-0.3, -0.25) is 4.79 Å². The first-order valence-electron chi connectivity index (χ1n) is 8.80. The first kappa shape index (κ1) is 18.6. The molecule has 1 N–H and O–H groups in total. The number of aromatic nitrogens is 2. The quantitative estimate of drug-likeness (QED) is 0.720. The molecule has 0 spiro atoms. The normalized spacial score (nSPS) is 11.2. The summed E-state index contributed by atoms with van der Waals surface area (Å²) in [6, 6.07) is 17.3. The Kier molecular flexibility index (Phi) is 5.54. The van der Waals surface area contributed by atoms with E-state index in [-0.39, 0.29) is 24.5 Å². The molecule has 1 amide bonds. The molecule has 0 unspecified atom stereocenters. The van der Waals surface area contributed by atoms with Crippen molar-refractivity contribution in [3.05, 3.63) is 66.1 Å². The summed E-state index contributed by atoms with van der Waals surface area (Å²) in [6.45, 7) is 6.40. The van der Waals surface area contributed by atoms with Crippen LogP contribution in [0.4, 0.5) is 0 Å². The zero-order valence-corrected chi connectivity index (χ0v) is 15.7. The highest BCUT2D eigenvalue weighted by atomic mass is 16.5. The van der Waals surface area contributed by atoms with E-state index in [1.165, 1.54) is 0 Å². The lowest BCUT2D eigenvalue weighted by Crippen LogP contribution is -2.29. The Hall–Kier alpha value is -3.15. The van der Waals surface area contributed by atoms with Crippen LogP contribution in [0.3, 0.4) is 0 Å². The molecular weight excluding hydrogens is 342 g/mol. The maximum atomic E-state index is 12.1. The molecule has 0 atom stereocenters. The number of hydrogen-bond donors (Lipinski definition) is 1. The molecule has 6 heteroatoms. The second-order valence-corrected chi connectivity index (χ2v) is 7.19. The second-order valence-electron chi connectivity index (χ2n) is 7.19. The van der Waals surface area contributed by atoms with Crippen LogP contribution in [0.15, 0.2) is 59.1 Å². The Morgan fingerprint density at radius 3 is 2.52 bits per heavy atom. The molecule has 3 rings (SSSR count). The van der Waals surface area contributed by atoms with Crippen LogP contribution in [-0.2, 0) is 16.8 Å². The third-order valence-electron chi connectivity index (χ3n) is 3.99. The molecular formula is C21H23N3O3. The van der Waals surface area contributed by atoms with Crippen molar-refractivity contribution < 1.29 is 14.1 Å². The van der Waals surface area contributed by atoms with Crippen molar-refractivity contribution in [3.63, 3.8) is 0 Å². The van der Waals surface area contributed by atoms with Gasteiger partial charge >= 0.3 is 0 Å². The summed E-state index contributed by atoms with van der Waals surface area (Å²) in [7, 11) is 0. The highest BCUT2D eigenvalue weighted by molar-refractivity contribution is 5.77. The van der Waals surface area contributed by atoms with Crippen molar-refractivity contribution >= 4 is 5.91 Å².